The molecule has 0 aromatic heterocycles. The van der Waals surface area contributed by atoms with E-state index in [4.69, 9.17) is 5.11 Å². The highest BCUT2D eigenvalue weighted by Crippen LogP contribution is 2.34. The highest BCUT2D eigenvalue weighted by molar-refractivity contribution is 7.89. The van der Waals surface area contributed by atoms with Gasteiger partial charge in [-0.25, -0.2) is 13.1 Å². The largest absolute Gasteiger partial charge is 0.396 e. The summed E-state index contributed by atoms with van der Waals surface area (Å²) in [4.78, 5) is 0.312. The van der Waals surface area contributed by atoms with Crippen molar-refractivity contribution in [3.05, 3.63) is 29.8 Å². The van der Waals surface area contributed by atoms with Crippen LogP contribution in [-0.4, -0.2) is 26.2 Å². The quantitative estimate of drug-likeness (QED) is 0.811. The van der Waals surface area contributed by atoms with E-state index >= 15 is 0 Å². The Morgan fingerprint density at radius 1 is 1.35 bits per heavy atom. The lowest BCUT2D eigenvalue weighted by molar-refractivity contribution is 0.265. The summed E-state index contributed by atoms with van der Waals surface area (Å²) in [7, 11) is -3.50. The van der Waals surface area contributed by atoms with Gasteiger partial charge in [-0.05, 0) is 48.8 Å². The molecule has 112 valence electrons. The van der Waals surface area contributed by atoms with E-state index in [0.717, 1.165) is 18.4 Å². The summed E-state index contributed by atoms with van der Waals surface area (Å²) in [6, 6.07) is 6.93. The fourth-order valence-electron chi connectivity index (χ4n) is 2.34. The minimum Gasteiger partial charge on any atom is -0.396 e. The molecule has 1 saturated carbocycles. The van der Waals surface area contributed by atoms with E-state index in [2.05, 4.69) is 4.72 Å². The van der Waals surface area contributed by atoms with E-state index in [1.165, 1.54) is 0 Å². The average Bonchev–Trinajstić information content (AvgIpc) is 3.22. The predicted molar refractivity (Wildman–Crippen MR) is 79.1 cm³/mol. The Morgan fingerprint density at radius 3 is 2.60 bits per heavy atom. The maximum Gasteiger partial charge on any atom is 0.240 e. The van der Waals surface area contributed by atoms with Crippen molar-refractivity contribution in [2.24, 2.45) is 5.92 Å². The smallest absolute Gasteiger partial charge is 0.240 e. The van der Waals surface area contributed by atoms with Crippen LogP contribution in [-0.2, 0) is 10.0 Å². The topological polar surface area (TPSA) is 66.4 Å². The Bertz CT molecular complexity index is 550. The van der Waals surface area contributed by atoms with Crippen LogP contribution in [0.1, 0.15) is 44.6 Å². The lowest BCUT2D eigenvalue weighted by Gasteiger charge is -2.18. The molecule has 0 bridgehead atoms. The summed E-state index contributed by atoms with van der Waals surface area (Å²) in [5.41, 5.74) is 1.01. The molecule has 1 fully saturated rings. The number of rotatable bonds is 7. The summed E-state index contributed by atoms with van der Waals surface area (Å²) in [5.74, 6) is 0.673. The second-order valence-electron chi connectivity index (χ2n) is 5.80. The average molecular weight is 297 g/mol. The van der Waals surface area contributed by atoms with Gasteiger partial charge in [0.05, 0.1) is 4.90 Å². The third-order valence-corrected chi connectivity index (χ3v) is 5.26. The van der Waals surface area contributed by atoms with Crippen LogP contribution < -0.4 is 4.72 Å². The van der Waals surface area contributed by atoms with Gasteiger partial charge in [0.25, 0.3) is 0 Å². The predicted octanol–water partition coefficient (Wildman–Crippen LogP) is 2.25. The fourth-order valence-corrected chi connectivity index (χ4v) is 3.73. The number of aliphatic hydroxyl groups excluding tert-OH is 1. The van der Waals surface area contributed by atoms with Gasteiger partial charge in [0, 0.05) is 12.6 Å². The molecule has 1 atom stereocenters. The molecular formula is C15H23NO3S. The van der Waals surface area contributed by atoms with Crippen LogP contribution in [0.4, 0.5) is 0 Å². The number of sulfonamides is 1. The molecule has 0 spiro atoms. The van der Waals surface area contributed by atoms with Crippen molar-refractivity contribution in [2.45, 2.75) is 50.0 Å². The van der Waals surface area contributed by atoms with Gasteiger partial charge in [-0.2, -0.15) is 0 Å². The molecular weight excluding hydrogens is 274 g/mol. The van der Waals surface area contributed by atoms with E-state index in [0.29, 0.717) is 23.2 Å². The van der Waals surface area contributed by atoms with Crippen LogP contribution in [0.15, 0.2) is 29.2 Å². The van der Waals surface area contributed by atoms with Crippen LogP contribution in [0.3, 0.4) is 0 Å². The normalized spacial score (nSPS) is 17.4. The van der Waals surface area contributed by atoms with Crippen molar-refractivity contribution in [1.82, 2.24) is 4.72 Å². The Labute approximate surface area is 121 Å². The zero-order valence-electron chi connectivity index (χ0n) is 12.0. The highest BCUT2D eigenvalue weighted by atomic mass is 32.2. The molecule has 0 aliphatic heterocycles. The van der Waals surface area contributed by atoms with Gasteiger partial charge in [0.2, 0.25) is 10.0 Å². The Hall–Kier alpha value is -0.910. The van der Waals surface area contributed by atoms with Gasteiger partial charge in [-0.3, -0.25) is 0 Å². The number of aliphatic hydroxyl groups is 1. The molecule has 5 heteroatoms. The van der Waals surface area contributed by atoms with Gasteiger partial charge in [-0.1, -0.05) is 26.0 Å². The second kappa shape index (κ2) is 6.24. The molecule has 1 aromatic rings. The number of benzene rings is 1. The lowest BCUT2D eigenvalue weighted by atomic mass is 10.0. The fraction of sp³-hybridized carbons (Fsp3) is 0.600. The maximum absolute atomic E-state index is 12.4. The van der Waals surface area contributed by atoms with E-state index in [1.807, 2.05) is 19.9 Å². The molecule has 2 rings (SSSR count). The molecule has 0 amide bonds. The molecule has 0 saturated heterocycles. The summed E-state index contributed by atoms with van der Waals surface area (Å²) < 4.78 is 27.6. The van der Waals surface area contributed by atoms with Crippen molar-refractivity contribution < 1.29 is 13.5 Å². The second-order valence-corrected chi connectivity index (χ2v) is 7.52. The molecule has 1 aliphatic carbocycles. The van der Waals surface area contributed by atoms with Crippen LogP contribution in [0.25, 0.3) is 0 Å². The lowest BCUT2D eigenvalue weighted by Crippen LogP contribution is -2.37. The third-order valence-electron chi connectivity index (χ3n) is 3.77. The maximum atomic E-state index is 12.4. The van der Waals surface area contributed by atoms with Gasteiger partial charge < -0.3 is 5.11 Å². The minimum absolute atomic E-state index is 0.00964. The monoisotopic (exact) mass is 297 g/mol. The van der Waals surface area contributed by atoms with E-state index in [-0.39, 0.29) is 12.6 Å². The van der Waals surface area contributed by atoms with E-state index < -0.39 is 10.0 Å². The van der Waals surface area contributed by atoms with Gasteiger partial charge >= 0.3 is 0 Å². The standard InChI is InChI=1S/C15H23NO3S/c1-11(2)13-4-3-5-14(10-13)20(18,19)16-15(8-9-17)12-6-7-12/h3-5,10-12,15-17H,6-9H2,1-2H3. The molecule has 1 unspecified atom stereocenters. The Balaban J connectivity index is 2.18. The molecule has 4 nitrogen and oxygen atoms in total. The number of hydrogen-bond donors (Lipinski definition) is 2. The van der Waals surface area contributed by atoms with Crippen LogP contribution >= 0.6 is 0 Å². The molecule has 1 aromatic carbocycles. The van der Waals surface area contributed by atoms with E-state index in [9.17, 15) is 8.42 Å². The van der Waals surface area contributed by atoms with Crippen molar-refractivity contribution in [3.63, 3.8) is 0 Å². The molecule has 1 aliphatic rings. The van der Waals surface area contributed by atoms with Crippen molar-refractivity contribution in [2.75, 3.05) is 6.61 Å². The van der Waals surface area contributed by atoms with Crippen LogP contribution in [0.5, 0.6) is 0 Å². The SMILES string of the molecule is CC(C)c1cccc(S(=O)(=O)NC(CCO)C2CC2)c1. The van der Waals surface area contributed by atoms with Crippen molar-refractivity contribution in [1.29, 1.82) is 0 Å². The zero-order chi connectivity index (χ0) is 14.8. The first kappa shape index (κ1) is 15.5. The van der Waals surface area contributed by atoms with Crippen molar-refractivity contribution >= 4 is 10.0 Å². The Morgan fingerprint density at radius 2 is 2.05 bits per heavy atom. The van der Waals surface area contributed by atoms with Crippen LogP contribution in [0, 0.1) is 5.92 Å². The first-order chi connectivity index (χ1) is 9.44. The first-order valence-electron chi connectivity index (χ1n) is 7.17. The summed E-state index contributed by atoms with van der Waals surface area (Å²) in [6.07, 6.45) is 2.56. The molecule has 2 N–H and O–H groups in total. The van der Waals surface area contributed by atoms with Gasteiger partial charge in [0.1, 0.15) is 0 Å². The number of nitrogens with one attached hydrogen (secondary N) is 1. The summed E-state index contributed by atoms with van der Waals surface area (Å²) in [5, 5.41) is 9.06. The minimum atomic E-state index is -3.50. The van der Waals surface area contributed by atoms with E-state index in [1.54, 1.807) is 18.2 Å². The summed E-state index contributed by atoms with van der Waals surface area (Å²) >= 11 is 0. The van der Waals surface area contributed by atoms with Crippen molar-refractivity contribution in [3.8, 4) is 0 Å². The molecule has 0 radical (unpaired) electrons. The first-order valence-corrected chi connectivity index (χ1v) is 8.65. The summed E-state index contributed by atoms with van der Waals surface area (Å²) in [6.45, 7) is 4.09. The molecule has 0 heterocycles. The third kappa shape index (κ3) is 3.81. The van der Waals surface area contributed by atoms with Gasteiger partial charge in [-0.15, -0.1) is 0 Å². The van der Waals surface area contributed by atoms with Crippen LogP contribution in [0.2, 0.25) is 0 Å². The van der Waals surface area contributed by atoms with Gasteiger partial charge in [0.15, 0.2) is 0 Å². The highest BCUT2D eigenvalue weighted by Gasteiger charge is 2.33. The zero-order valence-corrected chi connectivity index (χ0v) is 12.9. The Kier molecular flexibility index (Phi) is 4.83. The number of hydrogen-bond acceptors (Lipinski definition) is 3. The molecule has 20 heavy (non-hydrogen) atoms.